The Kier molecular flexibility index (Phi) is 3.36. The highest BCUT2D eigenvalue weighted by atomic mass is 16.6. The quantitative estimate of drug-likeness (QED) is 0.651. The van der Waals surface area contributed by atoms with Crippen LogP contribution in [0.1, 0.15) is 11.6 Å². The number of aliphatic carboxylic acids is 1. The molecule has 1 N–H and O–H groups in total. The van der Waals surface area contributed by atoms with Crippen LogP contribution in [0.2, 0.25) is 0 Å². The zero-order valence-corrected chi connectivity index (χ0v) is 12.0. The standard InChI is InChI=1S/C14H10N4O6/c19-13(20)14(18(23)24)12(15-11-3-1-2-8-16(11)14)9-4-6-10(7-5-9)17(21)22/h1-8,12H,(H,19,20). The maximum Gasteiger partial charge on any atom is 0.423 e. The third kappa shape index (κ3) is 1.96. The van der Waals surface area contributed by atoms with Crippen LogP contribution < -0.4 is 0 Å². The monoisotopic (exact) mass is 330 g/mol. The Labute approximate surface area is 134 Å². The average molecular weight is 330 g/mol. The Bertz CT molecular complexity index is 812. The average Bonchev–Trinajstić information content (AvgIpc) is 2.91. The Morgan fingerprint density at radius 2 is 1.88 bits per heavy atom. The molecule has 0 spiro atoms. The van der Waals surface area contributed by atoms with Gasteiger partial charge in [0.25, 0.3) is 5.69 Å². The van der Waals surface area contributed by atoms with E-state index >= 15 is 0 Å². The first-order valence-corrected chi connectivity index (χ1v) is 6.73. The van der Waals surface area contributed by atoms with Crippen LogP contribution >= 0.6 is 0 Å². The summed E-state index contributed by atoms with van der Waals surface area (Å²) in [6, 6.07) is 3.52. The third-order valence-corrected chi connectivity index (χ3v) is 3.86. The number of allylic oxidation sites excluding steroid dienone is 2. The maximum atomic E-state index is 11.9. The lowest BCUT2D eigenvalue weighted by Gasteiger charge is -2.29. The molecule has 0 aliphatic carbocycles. The molecule has 2 heterocycles. The highest BCUT2D eigenvalue weighted by Crippen LogP contribution is 2.42. The topological polar surface area (TPSA) is 139 Å². The number of carboxylic acids is 1. The second-order valence-electron chi connectivity index (χ2n) is 5.10. The predicted molar refractivity (Wildman–Crippen MR) is 80.8 cm³/mol. The molecule has 0 amide bonds. The van der Waals surface area contributed by atoms with E-state index in [4.69, 9.17) is 0 Å². The number of rotatable bonds is 4. The van der Waals surface area contributed by atoms with Crippen LogP contribution in [-0.2, 0) is 4.79 Å². The van der Waals surface area contributed by atoms with Gasteiger partial charge in [0.15, 0.2) is 6.04 Å². The summed E-state index contributed by atoms with van der Waals surface area (Å²) in [5, 5.41) is 32.1. The van der Waals surface area contributed by atoms with Crippen molar-refractivity contribution >= 4 is 17.5 Å². The number of carboxylic acid groups (broad SMARTS) is 1. The minimum absolute atomic E-state index is 0.139. The largest absolute Gasteiger partial charge is 0.474 e. The fourth-order valence-electron chi connectivity index (χ4n) is 2.75. The molecule has 0 bridgehead atoms. The van der Waals surface area contributed by atoms with Crippen LogP contribution in [0.5, 0.6) is 0 Å². The summed E-state index contributed by atoms with van der Waals surface area (Å²) in [7, 11) is 0. The number of hydrogen-bond acceptors (Lipinski definition) is 7. The van der Waals surface area contributed by atoms with Crippen LogP contribution in [0.25, 0.3) is 0 Å². The van der Waals surface area contributed by atoms with E-state index in [1.807, 2.05) is 0 Å². The Balaban J connectivity index is 2.16. The van der Waals surface area contributed by atoms with Crippen LogP contribution in [-0.4, -0.2) is 37.3 Å². The molecule has 0 fully saturated rings. The number of nitro benzene ring substituents is 1. The van der Waals surface area contributed by atoms with Crippen LogP contribution in [0.4, 0.5) is 5.69 Å². The zero-order valence-electron chi connectivity index (χ0n) is 12.0. The molecular weight excluding hydrogens is 320 g/mol. The van der Waals surface area contributed by atoms with Crippen molar-refractivity contribution in [1.29, 1.82) is 0 Å². The van der Waals surface area contributed by atoms with Crippen molar-refractivity contribution < 1.29 is 19.7 Å². The van der Waals surface area contributed by atoms with Gasteiger partial charge in [-0.2, -0.15) is 0 Å². The lowest BCUT2D eigenvalue weighted by Crippen LogP contribution is -2.59. The fraction of sp³-hybridized carbons (Fsp3) is 0.143. The van der Waals surface area contributed by atoms with E-state index in [2.05, 4.69) is 4.99 Å². The molecule has 1 aromatic carbocycles. The van der Waals surface area contributed by atoms with Crippen molar-refractivity contribution in [3.63, 3.8) is 0 Å². The van der Waals surface area contributed by atoms with E-state index in [-0.39, 0.29) is 17.1 Å². The van der Waals surface area contributed by atoms with Crippen LogP contribution in [0, 0.1) is 20.2 Å². The van der Waals surface area contributed by atoms with Crippen LogP contribution in [0.3, 0.4) is 0 Å². The lowest BCUT2D eigenvalue weighted by molar-refractivity contribution is -0.578. The summed E-state index contributed by atoms with van der Waals surface area (Å²) in [6.07, 6.45) is 5.80. The third-order valence-electron chi connectivity index (χ3n) is 3.86. The molecule has 0 saturated heterocycles. The van der Waals surface area contributed by atoms with E-state index in [0.29, 0.717) is 0 Å². The zero-order chi connectivity index (χ0) is 17.5. The van der Waals surface area contributed by atoms with Crippen molar-refractivity contribution in [1.82, 2.24) is 4.90 Å². The summed E-state index contributed by atoms with van der Waals surface area (Å²) < 4.78 is 0. The van der Waals surface area contributed by atoms with Crippen molar-refractivity contribution in [2.24, 2.45) is 4.99 Å². The molecular formula is C14H10N4O6. The number of nitro groups is 2. The molecule has 2 unspecified atom stereocenters. The molecule has 1 aromatic rings. The van der Waals surface area contributed by atoms with Gasteiger partial charge in [0.05, 0.1) is 9.85 Å². The molecule has 3 rings (SSSR count). The molecule has 24 heavy (non-hydrogen) atoms. The van der Waals surface area contributed by atoms with E-state index in [9.17, 15) is 30.1 Å². The summed E-state index contributed by atoms with van der Waals surface area (Å²) >= 11 is 0. The molecule has 0 radical (unpaired) electrons. The van der Waals surface area contributed by atoms with E-state index in [1.165, 1.54) is 30.5 Å². The van der Waals surface area contributed by atoms with Crippen molar-refractivity contribution in [2.75, 3.05) is 0 Å². The number of non-ortho nitro benzene ring substituents is 1. The van der Waals surface area contributed by atoms with Gasteiger partial charge in [0.2, 0.25) is 0 Å². The van der Waals surface area contributed by atoms with E-state index in [1.54, 1.807) is 6.08 Å². The van der Waals surface area contributed by atoms with Gasteiger partial charge in [-0.3, -0.25) is 25.1 Å². The number of hydrogen-bond donors (Lipinski definition) is 1. The lowest BCUT2D eigenvalue weighted by atomic mass is 9.93. The maximum absolute atomic E-state index is 11.9. The van der Waals surface area contributed by atoms with Gasteiger partial charge in [0, 0.05) is 18.3 Å². The summed E-state index contributed by atoms with van der Waals surface area (Å²) in [6.45, 7) is 0. The first-order chi connectivity index (χ1) is 11.4. The number of fused-ring (bicyclic) bond motifs is 1. The highest BCUT2D eigenvalue weighted by Gasteiger charge is 2.67. The molecule has 2 aliphatic heterocycles. The summed E-state index contributed by atoms with van der Waals surface area (Å²) in [5.41, 5.74) is -2.56. The minimum Gasteiger partial charge on any atom is -0.474 e. The normalized spacial score (nSPS) is 24.4. The van der Waals surface area contributed by atoms with Gasteiger partial charge in [-0.1, -0.05) is 6.08 Å². The fourth-order valence-corrected chi connectivity index (χ4v) is 2.75. The molecule has 2 atom stereocenters. The Morgan fingerprint density at radius 1 is 1.21 bits per heavy atom. The number of carbonyl (C=O) groups is 1. The smallest absolute Gasteiger partial charge is 0.423 e. The predicted octanol–water partition coefficient (Wildman–Crippen LogP) is 1.49. The molecule has 10 nitrogen and oxygen atoms in total. The number of nitrogens with zero attached hydrogens (tertiary/aromatic N) is 4. The van der Waals surface area contributed by atoms with Crippen molar-refractivity contribution in [3.05, 3.63) is 74.5 Å². The minimum atomic E-state index is -2.55. The summed E-state index contributed by atoms with van der Waals surface area (Å²) in [5.74, 6) is -1.53. The SMILES string of the molecule is O=C(O)C1([N+](=O)[O-])C(c2ccc([N+](=O)[O-])cc2)N=C2C=CC=CN21. The van der Waals surface area contributed by atoms with Gasteiger partial charge in [-0.05, 0) is 29.8 Å². The second-order valence-corrected chi connectivity index (χ2v) is 5.10. The number of benzene rings is 1. The van der Waals surface area contributed by atoms with Crippen molar-refractivity contribution in [2.45, 2.75) is 11.7 Å². The highest BCUT2D eigenvalue weighted by molar-refractivity contribution is 6.01. The van der Waals surface area contributed by atoms with Gasteiger partial charge in [0.1, 0.15) is 5.84 Å². The van der Waals surface area contributed by atoms with Gasteiger partial charge in [-0.15, -0.1) is 0 Å². The van der Waals surface area contributed by atoms with Gasteiger partial charge in [-0.25, -0.2) is 9.79 Å². The second kappa shape index (κ2) is 5.26. The number of amidine groups is 1. The van der Waals surface area contributed by atoms with Gasteiger partial charge < -0.3 is 5.11 Å². The molecule has 10 heteroatoms. The molecule has 0 aromatic heterocycles. The van der Waals surface area contributed by atoms with Crippen molar-refractivity contribution in [3.8, 4) is 0 Å². The first-order valence-electron chi connectivity index (χ1n) is 6.73. The van der Waals surface area contributed by atoms with E-state index < -0.39 is 27.5 Å². The number of aliphatic imine (C=N–C) groups is 1. The van der Waals surface area contributed by atoms with Gasteiger partial charge >= 0.3 is 11.6 Å². The first kappa shape index (κ1) is 15.3. The van der Waals surface area contributed by atoms with Crippen LogP contribution in [0.15, 0.2) is 53.7 Å². The molecule has 122 valence electrons. The molecule has 0 saturated carbocycles. The Morgan fingerprint density at radius 3 is 2.42 bits per heavy atom. The summed E-state index contributed by atoms with van der Waals surface area (Å²) in [4.78, 5) is 37.9. The molecule has 2 aliphatic rings. The van der Waals surface area contributed by atoms with E-state index in [0.717, 1.165) is 17.0 Å². The Hall–Kier alpha value is -3.56.